The van der Waals surface area contributed by atoms with Crippen LogP contribution in [0.2, 0.25) is 0 Å². The van der Waals surface area contributed by atoms with E-state index in [2.05, 4.69) is 15.4 Å². The number of aromatic nitrogens is 2. The Labute approximate surface area is 112 Å². The van der Waals surface area contributed by atoms with E-state index in [0.717, 1.165) is 0 Å². The number of nitrogens with zero attached hydrogens (tertiary/aromatic N) is 1. The highest BCUT2D eigenvalue weighted by molar-refractivity contribution is 5.94. The van der Waals surface area contributed by atoms with Gasteiger partial charge in [0.25, 0.3) is 11.5 Å². The lowest BCUT2D eigenvalue weighted by Crippen LogP contribution is -2.37. The van der Waals surface area contributed by atoms with Crippen LogP contribution in [0.3, 0.4) is 0 Å². The number of aryl methyl sites for hydroxylation is 1. The van der Waals surface area contributed by atoms with Crippen molar-refractivity contribution in [2.24, 2.45) is 0 Å². The number of aromatic amines is 1. The molecule has 1 aromatic heterocycles. The van der Waals surface area contributed by atoms with Crippen LogP contribution >= 0.6 is 0 Å². The van der Waals surface area contributed by atoms with Crippen molar-refractivity contribution in [3.8, 4) is 0 Å². The van der Waals surface area contributed by atoms with Crippen molar-refractivity contribution >= 4 is 5.91 Å². The number of amides is 1. The lowest BCUT2D eigenvalue weighted by molar-refractivity contribution is -0.0590. The van der Waals surface area contributed by atoms with Gasteiger partial charge in [-0.05, 0) is 27.7 Å². The van der Waals surface area contributed by atoms with E-state index in [1.54, 1.807) is 27.7 Å². The number of nitrogens with one attached hydrogen (secondary N) is 2. The molecule has 0 aliphatic carbocycles. The molecular weight excluding hydrogens is 246 g/mol. The van der Waals surface area contributed by atoms with Crippen molar-refractivity contribution in [2.45, 2.75) is 53.1 Å². The van der Waals surface area contributed by atoms with Crippen molar-refractivity contribution in [3.63, 3.8) is 0 Å². The van der Waals surface area contributed by atoms with Crippen LogP contribution in [0, 0.1) is 6.92 Å². The van der Waals surface area contributed by atoms with Gasteiger partial charge in [-0.1, -0.05) is 13.8 Å². The molecule has 0 bridgehead atoms. The molecule has 0 fully saturated rings. The van der Waals surface area contributed by atoms with Gasteiger partial charge in [0.05, 0.1) is 11.3 Å². The van der Waals surface area contributed by atoms with Gasteiger partial charge >= 0.3 is 0 Å². The molecule has 0 saturated carbocycles. The zero-order valence-electron chi connectivity index (χ0n) is 12.2. The second-order valence-corrected chi connectivity index (χ2v) is 5.71. The number of hydrogen-bond donors (Lipinski definition) is 2. The van der Waals surface area contributed by atoms with Gasteiger partial charge in [-0.3, -0.25) is 14.4 Å². The van der Waals surface area contributed by atoms with Crippen LogP contribution in [0.1, 0.15) is 62.4 Å². The summed E-state index contributed by atoms with van der Waals surface area (Å²) >= 11 is 0. The average Bonchev–Trinajstić information content (AvgIpc) is 2.24. The fourth-order valence-electron chi connectivity index (χ4n) is 1.40. The highest BCUT2D eigenvalue weighted by Crippen LogP contribution is 2.09. The molecule has 19 heavy (non-hydrogen) atoms. The Hall–Kier alpha value is -1.69. The third-order valence-electron chi connectivity index (χ3n) is 2.34. The second kappa shape index (κ2) is 5.52. The van der Waals surface area contributed by atoms with Gasteiger partial charge in [-0.15, -0.1) is 0 Å². The molecule has 0 aromatic carbocycles. The number of H-pyrrole nitrogens is 1. The van der Waals surface area contributed by atoms with Crippen molar-refractivity contribution in [1.82, 2.24) is 15.4 Å². The van der Waals surface area contributed by atoms with Gasteiger partial charge in [0.15, 0.2) is 0 Å². The zero-order chi connectivity index (χ0) is 14.8. The van der Waals surface area contributed by atoms with Crippen LogP contribution in [-0.2, 0) is 4.84 Å². The first-order valence-corrected chi connectivity index (χ1v) is 6.21. The molecule has 0 radical (unpaired) electrons. The van der Waals surface area contributed by atoms with Gasteiger partial charge in [0.1, 0.15) is 11.4 Å². The first-order chi connectivity index (χ1) is 8.61. The average molecular weight is 267 g/mol. The van der Waals surface area contributed by atoms with Crippen LogP contribution in [-0.4, -0.2) is 21.5 Å². The summed E-state index contributed by atoms with van der Waals surface area (Å²) in [6, 6.07) is 0. The smallest absolute Gasteiger partial charge is 0.282 e. The number of carbonyl (C=O) groups is 1. The molecule has 2 N–H and O–H groups in total. The minimum absolute atomic E-state index is 0.0198. The summed E-state index contributed by atoms with van der Waals surface area (Å²) in [4.78, 5) is 35.8. The van der Waals surface area contributed by atoms with Gasteiger partial charge in [-0.2, -0.15) is 0 Å². The van der Waals surface area contributed by atoms with Crippen molar-refractivity contribution in [1.29, 1.82) is 0 Å². The molecule has 1 aromatic rings. The van der Waals surface area contributed by atoms with Crippen LogP contribution in [0.25, 0.3) is 0 Å². The van der Waals surface area contributed by atoms with Gasteiger partial charge in [-0.25, -0.2) is 10.5 Å². The predicted molar refractivity (Wildman–Crippen MR) is 72.0 cm³/mol. The SMILES string of the molecule is Cc1nc(C(C)C)[nH]c(=O)c1C(=O)NOC(C)(C)C. The maximum atomic E-state index is 11.9. The highest BCUT2D eigenvalue weighted by Gasteiger charge is 2.20. The van der Waals surface area contributed by atoms with Crippen molar-refractivity contribution < 1.29 is 9.63 Å². The van der Waals surface area contributed by atoms with E-state index in [-0.39, 0.29) is 11.5 Å². The summed E-state index contributed by atoms with van der Waals surface area (Å²) in [5.74, 6) is 0.0709. The number of carbonyl (C=O) groups excluding carboxylic acids is 1. The Balaban J connectivity index is 3.02. The number of rotatable bonds is 3. The summed E-state index contributed by atoms with van der Waals surface area (Å²) in [5, 5.41) is 0. The normalized spacial score (nSPS) is 11.7. The third-order valence-corrected chi connectivity index (χ3v) is 2.34. The van der Waals surface area contributed by atoms with E-state index in [0.29, 0.717) is 11.5 Å². The fourth-order valence-corrected chi connectivity index (χ4v) is 1.40. The molecule has 0 atom stereocenters. The predicted octanol–water partition coefficient (Wildman–Crippen LogP) is 1.66. The van der Waals surface area contributed by atoms with E-state index >= 15 is 0 Å². The summed E-state index contributed by atoms with van der Waals surface area (Å²) in [6.45, 7) is 10.9. The van der Waals surface area contributed by atoms with Crippen molar-refractivity contribution in [2.75, 3.05) is 0 Å². The molecule has 6 nitrogen and oxygen atoms in total. The minimum atomic E-state index is -0.587. The van der Waals surface area contributed by atoms with E-state index in [1.165, 1.54) is 0 Å². The molecular formula is C13H21N3O3. The molecule has 1 amide bonds. The second-order valence-electron chi connectivity index (χ2n) is 5.71. The fraction of sp³-hybridized carbons (Fsp3) is 0.615. The van der Waals surface area contributed by atoms with Gasteiger partial charge in [0.2, 0.25) is 0 Å². The largest absolute Gasteiger partial charge is 0.310 e. The van der Waals surface area contributed by atoms with Gasteiger partial charge in [0, 0.05) is 5.92 Å². The Morgan fingerprint density at radius 2 is 1.95 bits per heavy atom. The summed E-state index contributed by atoms with van der Waals surface area (Å²) in [5.41, 5.74) is 1.66. The highest BCUT2D eigenvalue weighted by atomic mass is 16.7. The summed E-state index contributed by atoms with van der Waals surface area (Å²) in [7, 11) is 0. The summed E-state index contributed by atoms with van der Waals surface area (Å²) in [6.07, 6.45) is 0. The monoisotopic (exact) mass is 267 g/mol. The molecule has 0 unspecified atom stereocenters. The molecule has 1 rings (SSSR count). The minimum Gasteiger partial charge on any atom is -0.310 e. The Morgan fingerprint density at radius 1 is 1.37 bits per heavy atom. The first-order valence-electron chi connectivity index (χ1n) is 6.21. The van der Waals surface area contributed by atoms with Crippen LogP contribution in [0.4, 0.5) is 0 Å². The Morgan fingerprint density at radius 3 is 2.37 bits per heavy atom. The molecule has 6 heteroatoms. The van der Waals surface area contributed by atoms with E-state index in [1.807, 2.05) is 13.8 Å². The maximum absolute atomic E-state index is 11.9. The summed E-state index contributed by atoms with van der Waals surface area (Å²) < 4.78 is 0. The zero-order valence-corrected chi connectivity index (χ0v) is 12.2. The molecule has 1 heterocycles. The maximum Gasteiger partial charge on any atom is 0.282 e. The molecule has 0 aliphatic heterocycles. The van der Waals surface area contributed by atoms with E-state index in [9.17, 15) is 9.59 Å². The first kappa shape index (κ1) is 15.4. The van der Waals surface area contributed by atoms with Crippen LogP contribution in [0.5, 0.6) is 0 Å². The quantitative estimate of drug-likeness (QED) is 0.816. The number of hydroxylamine groups is 1. The lowest BCUT2D eigenvalue weighted by atomic mass is 10.1. The van der Waals surface area contributed by atoms with E-state index in [4.69, 9.17) is 4.84 Å². The van der Waals surface area contributed by atoms with Crippen LogP contribution < -0.4 is 11.0 Å². The Kier molecular flexibility index (Phi) is 4.47. The topological polar surface area (TPSA) is 84.1 Å². The third kappa shape index (κ3) is 4.17. The molecule has 0 aliphatic rings. The van der Waals surface area contributed by atoms with Crippen LogP contribution in [0.15, 0.2) is 4.79 Å². The van der Waals surface area contributed by atoms with Crippen molar-refractivity contribution in [3.05, 3.63) is 27.4 Å². The van der Waals surface area contributed by atoms with Gasteiger partial charge < -0.3 is 4.98 Å². The molecule has 0 spiro atoms. The lowest BCUT2D eigenvalue weighted by Gasteiger charge is -2.19. The van der Waals surface area contributed by atoms with E-state index < -0.39 is 17.1 Å². The number of hydrogen-bond acceptors (Lipinski definition) is 4. The molecule has 0 saturated heterocycles. The Bertz CT molecular complexity index is 527. The standard InChI is InChI=1S/C13H21N3O3/c1-7(2)10-14-8(3)9(11(17)15-10)12(18)16-19-13(4,5)6/h7H,1-6H3,(H,16,18)(H,14,15,17). The molecule has 106 valence electrons.